The van der Waals surface area contributed by atoms with Crippen LogP contribution in [0, 0.1) is 15.9 Å². The van der Waals surface area contributed by atoms with Gasteiger partial charge in [-0.15, -0.1) is 0 Å². The molecular formula is C16H9FN2O3S2. The lowest BCUT2D eigenvalue weighted by atomic mass is 10.1. The van der Waals surface area contributed by atoms with E-state index < -0.39 is 16.6 Å². The molecule has 24 heavy (non-hydrogen) atoms. The Morgan fingerprint density at radius 2 is 1.96 bits per heavy atom. The second-order valence-electron chi connectivity index (χ2n) is 4.81. The quantitative estimate of drug-likeness (QED) is 0.356. The number of hydrogen-bond acceptors (Lipinski definition) is 5. The van der Waals surface area contributed by atoms with E-state index in [0.717, 1.165) is 11.8 Å². The summed E-state index contributed by atoms with van der Waals surface area (Å²) in [6, 6.07) is 11.6. The minimum atomic E-state index is -0.515. The molecule has 3 rings (SSSR count). The normalized spacial score (nSPS) is 16.0. The first-order valence-electron chi connectivity index (χ1n) is 6.74. The van der Waals surface area contributed by atoms with Crippen molar-refractivity contribution in [1.29, 1.82) is 0 Å². The molecule has 0 N–H and O–H groups in total. The molecule has 1 saturated heterocycles. The van der Waals surface area contributed by atoms with E-state index in [1.807, 2.05) is 0 Å². The van der Waals surface area contributed by atoms with Gasteiger partial charge in [0.1, 0.15) is 5.82 Å². The van der Waals surface area contributed by atoms with Gasteiger partial charge in [0.2, 0.25) is 0 Å². The Morgan fingerprint density at radius 3 is 2.67 bits per heavy atom. The third kappa shape index (κ3) is 3.06. The number of hydrogen-bond donors (Lipinski definition) is 0. The van der Waals surface area contributed by atoms with Crippen LogP contribution in [0.1, 0.15) is 5.56 Å². The summed E-state index contributed by atoms with van der Waals surface area (Å²) in [6.07, 6.45) is 1.43. The van der Waals surface area contributed by atoms with Crippen molar-refractivity contribution >= 4 is 51.7 Å². The van der Waals surface area contributed by atoms with Crippen LogP contribution in [0.4, 0.5) is 15.8 Å². The first-order chi connectivity index (χ1) is 11.5. The standard InChI is InChI=1S/C16H9FN2O3S2/c17-11-5-3-6-12(9-11)18-15(20)14(24-16(18)23)8-10-4-1-2-7-13(10)19(21)22/h1-9H. The zero-order chi connectivity index (χ0) is 17.3. The summed E-state index contributed by atoms with van der Waals surface area (Å²) >= 11 is 6.21. The van der Waals surface area contributed by atoms with E-state index in [1.54, 1.807) is 24.3 Å². The Labute approximate surface area is 145 Å². The fraction of sp³-hybridized carbons (Fsp3) is 0. The molecule has 0 unspecified atom stereocenters. The number of halogens is 1. The van der Waals surface area contributed by atoms with Crippen LogP contribution >= 0.6 is 24.0 Å². The number of benzene rings is 2. The van der Waals surface area contributed by atoms with Crippen LogP contribution in [0.3, 0.4) is 0 Å². The van der Waals surface area contributed by atoms with Crippen molar-refractivity contribution in [2.45, 2.75) is 0 Å². The number of anilines is 1. The minimum Gasteiger partial charge on any atom is -0.268 e. The predicted octanol–water partition coefficient (Wildman–Crippen LogP) is 4.14. The van der Waals surface area contributed by atoms with Crippen molar-refractivity contribution < 1.29 is 14.1 Å². The summed E-state index contributed by atoms with van der Waals surface area (Å²) < 4.78 is 13.6. The van der Waals surface area contributed by atoms with Crippen LogP contribution in [0.25, 0.3) is 6.08 Å². The van der Waals surface area contributed by atoms with E-state index in [9.17, 15) is 19.3 Å². The average molecular weight is 360 g/mol. The molecule has 0 atom stereocenters. The fourth-order valence-corrected chi connectivity index (χ4v) is 3.51. The van der Waals surface area contributed by atoms with Crippen LogP contribution in [-0.2, 0) is 4.79 Å². The molecule has 120 valence electrons. The van der Waals surface area contributed by atoms with E-state index in [2.05, 4.69) is 0 Å². The highest BCUT2D eigenvalue weighted by atomic mass is 32.2. The summed E-state index contributed by atoms with van der Waals surface area (Å²) in [5.74, 6) is -0.919. The van der Waals surface area contributed by atoms with Crippen molar-refractivity contribution in [3.8, 4) is 0 Å². The lowest BCUT2D eigenvalue weighted by molar-refractivity contribution is -0.385. The molecule has 1 aliphatic rings. The number of rotatable bonds is 3. The van der Waals surface area contributed by atoms with E-state index >= 15 is 0 Å². The highest BCUT2D eigenvalue weighted by Gasteiger charge is 2.33. The molecule has 2 aromatic rings. The second-order valence-corrected chi connectivity index (χ2v) is 6.49. The number of carbonyl (C=O) groups excluding carboxylic acids is 1. The first-order valence-corrected chi connectivity index (χ1v) is 7.97. The van der Waals surface area contributed by atoms with Crippen LogP contribution in [0.5, 0.6) is 0 Å². The second kappa shape index (κ2) is 6.50. The van der Waals surface area contributed by atoms with Crippen molar-refractivity contribution in [2.24, 2.45) is 0 Å². The number of nitro groups is 1. The number of amides is 1. The zero-order valence-corrected chi connectivity index (χ0v) is 13.6. The molecule has 1 fully saturated rings. The van der Waals surface area contributed by atoms with Gasteiger partial charge in [-0.05, 0) is 30.3 Å². The van der Waals surface area contributed by atoms with Gasteiger partial charge in [-0.2, -0.15) is 0 Å². The summed E-state index contributed by atoms with van der Waals surface area (Å²) in [5.41, 5.74) is 0.527. The molecule has 0 spiro atoms. The minimum absolute atomic E-state index is 0.103. The number of para-hydroxylation sites is 1. The van der Waals surface area contributed by atoms with Gasteiger partial charge in [0.05, 0.1) is 21.1 Å². The molecule has 5 nitrogen and oxygen atoms in total. The van der Waals surface area contributed by atoms with Gasteiger partial charge in [0.15, 0.2) is 4.32 Å². The van der Waals surface area contributed by atoms with Gasteiger partial charge in [-0.3, -0.25) is 19.8 Å². The van der Waals surface area contributed by atoms with Crippen molar-refractivity contribution in [3.05, 3.63) is 74.9 Å². The average Bonchev–Trinajstić information content (AvgIpc) is 2.81. The van der Waals surface area contributed by atoms with Gasteiger partial charge >= 0.3 is 0 Å². The fourth-order valence-electron chi connectivity index (χ4n) is 2.22. The maximum absolute atomic E-state index is 13.4. The Hall–Kier alpha value is -2.58. The third-order valence-corrected chi connectivity index (χ3v) is 4.58. The monoisotopic (exact) mass is 360 g/mol. The van der Waals surface area contributed by atoms with E-state index in [4.69, 9.17) is 12.2 Å². The molecule has 0 bridgehead atoms. The summed E-state index contributed by atoms with van der Waals surface area (Å²) in [5, 5.41) is 11.1. The number of thiocarbonyl (C=S) groups is 1. The third-order valence-electron chi connectivity index (χ3n) is 3.28. The maximum Gasteiger partial charge on any atom is 0.276 e. The van der Waals surface area contributed by atoms with Gasteiger partial charge in [-0.25, -0.2) is 4.39 Å². The van der Waals surface area contributed by atoms with Crippen LogP contribution < -0.4 is 4.90 Å². The molecule has 8 heteroatoms. The molecule has 1 aliphatic heterocycles. The largest absolute Gasteiger partial charge is 0.276 e. The van der Waals surface area contributed by atoms with E-state index in [1.165, 1.54) is 35.2 Å². The number of carbonyl (C=O) groups is 1. The molecule has 1 amide bonds. The molecular weight excluding hydrogens is 351 g/mol. The zero-order valence-electron chi connectivity index (χ0n) is 12.0. The number of thioether (sulfide) groups is 1. The highest BCUT2D eigenvalue weighted by molar-refractivity contribution is 8.27. The molecule has 2 aromatic carbocycles. The summed E-state index contributed by atoms with van der Waals surface area (Å²) in [6.45, 7) is 0. The van der Waals surface area contributed by atoms with Gasteiger partial charge < -0.3 is 0 Å². The van der Waals surface area contributed by atoms with Crippen molar-refractivity contribution in [2.75, 3.05) is 4.90 Å². The molecule has 0 aliphatic carbocycles. The summed E-state index contributed by atoms with van der Waals surface area (Å²) in [4.78, 5) is 24.6. The summed E-state index contributed by atoms with van der Waals surface area (Å²) in [7, 11) is 0. The van der Waals surface area contributed by atoms with E-state index in [0.29, 0.717) is 11.3 Å². The predicted molar refractivity (Wildman–Crippen MR) is 95.1 cm³/mol. The van der Waals surface area contributed by atoms with Crippen molar-refractivity contribution in [1.82, 2.24) is 0 Å². The Balaban J connectivity index is 1.99. The van der Waals surface area contributed by atoms with Gasteiger partial charge in [-0.1, -0.05) is 42.2 Å². The molecule has 0 aromatic heterocycles. The van der Waals surface area contributed by atoms with E-state index in [-0.39, 0.29) is 14.9 Å². The highest BCUT2D eigenvalue weighted by Crippen LogP contribution is 2.37. The molecule has 0 saturated carbocycles. The van der Waals surface area contributed by atoms with Gasteiger partial charge in [0.25, 0.3) is 11.6 Å². The lowest BCUT2D eigenvalue weighted by Crippen LogP contribution is -2.27. The Morgan fingerprint density at radius 1 is 1.21 bits per heavy atom. The van der Waals surface area contributed by atoms with Crippen molar-refractivity contribution in [3.63, 3.8) is 0 Å². The number of nitrogens with zero attached hydrogens (tertiary/aromatic N) is 2. The smallest absolute Gasteiger partial charge is 0.268 e. The maximum atomic E-state index is 13.4. The Kier molecular flexibility index (Phi) is 4.41. The van der Waals surface area contributed by atoms with Crippen LogP contribution in [0.2, 0.25) is 0 Å². The van der Waals surface area contributed by atoms with Crippen LogP contribution in [0.15, 0.2) is 53.4 Å². The number of nitro benzene ring substituents is 1. The Bertz CT molecular complexity index is 898. The molecule has 1 heterocycles. The first kappa shape index (κ1) is 16.3. The lowest BCUT2D eigenvalue weighted by Gasteiger charge is -2.14. The van der Waals surface area contributed by atoms with Crippen LogP contribution in [-0.4, -0.2) is 15.2 Å². The SMILES string of the molecule is O=C1C(=Cc2ccccc2[N+](=O)[O-])SC(=S)N1c1cccc(F)c1. The molecule has 0 radical (unpaired) electrons. The van der Waals surface area contributed by atoms with Gasteiger partial charge in [0, 0.05) is 6.07 Å². The topological polar surface area (TPSA) is 63.4 Å².